The van der Waals surface area contributed by atoms with E-state index in [1.807, 2.05) is 4.90 Å². The number of nitrogens with two attached hydrogens (primary N) is 1. The van der Waals surface area contributed by atoms with E-state index in [-0.39, 0.29) is 57.6 Å². The lowest BCUT2D eigenvalue weighted by Crippen LogP contribution is -2.56. The van der Waals surface area contributed by atoms with Gasteiger partial charge in [0.15, 0.2) is 17.5 Å². The maximum atomic E-state index is 15.4. The highest BCUT2D eigenvalue weighted by Crippen LogP contribution is 2.80. The SMILES string of the molecule is CC(=O)O[C@@]12CCc3cc(c(O)c4c3[C@H]3C=C[C@@]5(CCC[C@@H]5C3)O4)CN3C[C@]4(CC3=O)[C@H](c3ccccc3)CC[C@@]43C#CC[C@H]4CC[C@]5(CCC[C@]5(NC(N)=NC3)SSC[C@@H]3CC[C@H](C[C@]35CCC3(CCCC3)C53CCCC3)[C@@H](CC1)[C@H](O)C2)C4. The van der Waals surface area contributed by atoms with Gasteiger partial charge in [-0.3, -0.25) is 14.6 Å². The zero-order valence-electron chi connectivity index (χ0n) is 51.0. The molecule has 0 aromatic heterocycles. The molecule has 10 fully saturated rings. The lowest BCUT2D eigenvalue weighted by molar-refractivity contribution is -0.173. The number of aliphatic hydroxyl groups excluding tert-OH is 1. The molecule has 10 nitrogen and oxygen atoms in total. The predicted molar refractivity (Wildman–Crippen MR) is 338 cm³/mol. The Bertz CT molecular complexity index is 3130. The number of aryl methyl sites for hydroxylation is 1. The van der Waals surface area contributed by atoms with Gasteiger partial charge in [-0.1, -0.05) is 89.6 Å². The van der Waals surface area contributed by atoms with Crippen molar-refractivity contribution < 1.29 is 29.3 Å². The Hall–Kier alpha value is -3.79. The van der Waals surface area contributed by atoms with Gasteiger partial charge in [-0.2, -0.15) is 0 Å². The number of aliphatic imine (C=N–C) groups is 1. The summed E-state index contributed by atoms with van der Waals surface area (Å²) in [7, 11) is 4.34. The van der Waals surface area contributed by atoms with Crippen LogP contribution in [0.5, 0.6) is 11.5 Å². The van der Waals surface area contributed by atoms with Gasteiger partial charge in [-0.15, -0.1) is 5.92 Å². The number of hydrogen-bond donors (Lipinski definition) is 4. The summed E-state index contributed by atoms with van der Waals surface area (Å²) in [5, 5.41) is 30.1. The summed E-state index contributed by atoms with van der Waals surface area (Å²) in [6.45, 7) is 2.73. The third kappa shape index (κ3) is 8.43. The molecule has 19 rings (SSSR count). The second-order valence-corrected chi connectivity index (χ2v) is 34.1. The van der Waals surface area contributed by atoms with Crippen molar-refractivity contribution in [2.24, 2.45) is 72.8 Å². The average molecular weight is 1190 g/mol. The fraction of sp³-hybridized carbons (Fsp3) is 0.740. The van der Waals surface area contributed by atoms with Gasteiger partial charge in [0.25, 0.3) is 0 Å². The first-order chi connectivity index (χ1) is 41.2. The number of esters is 1. The average Bonchev–Trinajstić information content (AvgIpc) is 1.57. The summed E-state index contributed by atoms with van der Waals surface area (Å²) in [5.41, 5.74) is 10.3. The zero-order chi connectivity index (χ0) is 57.7. The second-order valence-electron chi connectivity index (χ2n) is 31.5. The maximum Gasteiger partial charge on any atom is 0.303 e. The molecule has 0 radical (unpaired) electrons. The number of phenolic OH excluding ortho intramolecular Hbond substituents is 1. The van der Waals surface area contributed by atoms with E-state index in [1.165, 1.54) is 108 Å². The van der Waals surface area contributed by atoms with E-state index >= 15 is 4.79 Å². The van der Waals surface area contributed by atoms with Crippen LogP contribution in [-0.4, -0.2) is 74.0 Å². The minimum atomic E-state index is -0.824. The molecule has 2 aromatic rings. The molecule has 85 heavy (non-hydrogen) atoms. The van der Waals surface area contributed by atoms with Crippen molar-refractivity contribution in [1.29, 1.82) is 0 Å². The van der Waals surface area contributed by atoms with Crippen LogP contribution < -0.4 is 15.8 Å². The molecule has 12 heteroatoms. The molecule has 2 aromatic carbocycles. The molecule has 7 heterocycles. The summed E-state index contributed by atoms with van der Waals surface area (Å²) in [6.07, 6.45) is 38.8. The monoisotopic (exact) mass is 1190 g/mol. The number of ether oxygens (including phenoxy) is 2. The van der Waals surface area contributed by atoms with E-state index < -0.39 is 28.1 Å². The van der Waals surface area contributed by atoms with Crippen LogP contribution in [-0.2, 0) is 27.3 Å². The van der Waals surface area contributed by atoms with Crippen LogP contribution in [0.25, 0.3) is 0 Å². The number of nitrogens with zero attached hydrogens (tertiary/aromatic N) is 2. The first-order valence-electron chi connectivity index (χ1n) is 34.5. The van der Waals surface area contributed by atoms with Gasteiger partial charge in [0, 0.05) is 78.8 Å². The van der Waals surface area contributed by atoms with Crippen molar-refractivity contribution >= 4 is 39.4 Å². The topological polar surface area (TPSA) is 147 Å². The Labute approximate surface area is 514 Å². The van der Waals surface area contributed by atoms with E-state index in [1.54, 1.807) is 6.92 Å². The number of carbonyl (C=O) groups excluding carboxylic acids is 2. The van der Waals surface area contributed by atoms with Crippen LogP contribution >= 0.6 is 21.6 Å². The lowest BCUT2D eigenvalue weighted by Gasteiger charge is -2.60. The molecule has 17 aliphatic rings. The number of aliphatic hydroxyl groups is 1. The second kappa shape index (κ2) is 20.6. The van der Waals surface area contributed by atoms with E-state index in [2.05, 4.69) is 87.3 Å². The molecule has 14 bridgehead atoms. The molecule has 9 saturated carbocycles. The van der Waals surface area contributed by atoms with Gasteiger partial charge >= 0.3 is 5.97 Å². The summed E-state index contributed by atoms with van der Waals surface area (Å²) >= 11 is 0. The number of carbonyl (C=O) groups is 2. The van der Waals surface area contributed by atoms with Crippen molar-refractivity contribution in [1.82, 2.24) is 10.2 Å². The molecular formula is C73H96N4O6S2. The number of fused-ring (bicyclic) bond motifs is 3. The molecule has 5 N–H and O–H groups in total. The number of hydrogen-bond acceptors (Lipinski definition) is 11. The fourth-order valence-corrected chi connectivity index (χ4v) is 28.6. The Balaban J connectivity index is 0.832. The predicted octanol–water partition coefficient (Wildman–Crippen LogP) is 14.7. The Morgan fingerprint density at radius 2 is 1.67 bits per heavy atom. The van der Waals surface area contributed by atoms with Crippen molar-refractivity contribution in [2.75, 3.05) is 18.8 Å². The normalized spacial score (nSPS) is 43.7. The van der Waals surface area contributed by atoms with Crippen molar-refractivity contribution in [3.05, 3.63) is 70.8 Å². The van der Waals surface area contributed by atoms with Crippen molar-refractivity contribution in [2.45, 2.75) is 253 Å². The number of amides is 1. The van der Waals surface area contributed by atoms with Crippen molar-refractivity contribution in [3.8, 4) is 23.3 Å². The van der Waals surface area contributed by atoms with Gasteiger partial charge in [0.1, 0.15) is 16.1 Å². The van der Waals surface area contributed by atoms with Gasteiger partial charge < -0.3 is 35.6 Å². The molecule has 10 aliphatic carbocycles. The van der Waals surface area contributed by atoms with Gasteiger partial charge in [0.05, 0.1) is 18.1 Å². The highest BCUT2D eigenvalue weighted by atomic mass is 33.1. The summed E-state index contributed by atoms with van der Waals surface area (Å²) < 4.78 is 14.0. The Morgan fingerprint density at radius 3 is 2.51 bits per heavy atom. The summed E-state index contributed by atoms with van der Waals surface area (Å²) in [5.74, 6) is 12.5. The van der Waals surface area contributed by atoms with Gasteiger partial charge in [-0.25, -0.2) is 0 Å². The summed E-state index contributed by atoms with van der Waals surface area (Å²) in [6, 6.07) is 13.1. The highest BCUT2D eigenvalue weighted by Gasteiger charge is 2.71. The largest absolute Gasteiger partial charge is 0.504 e. The third-order valence-corrected chi connectivity index (χ3v) is 31.7. The maximum absolute atomic E-state index is 15.4. The van der Waals surface area contributed by atoms with E-state index in [0.29, 0.717) is 90.5 Å². The molecule has 7 aliphatic heterocycles. The number of guanidine groups is 1. The molecular weight excluding hydrogens is 1090 g/mol. The quantitative estimate of drug-likeness (QED) is 0.0992. The van der Waals surface area contributed by atoms with E-state index in [9.17, 15) is 15.0 Å². The number of nitrogens with one attached hydrogen (secondary N) is 1. The molecule has 0 unspecified atom stereocenters. The highest BCUT2D eigenvalue weighted by molar-refractivity contribution is 8.77. The first kappa shape index (κ1) is 56.4. The number of benzene rings is 2. The number of rotatable bonds is 2. The van der Waals surface area contributed by atoms with Crippen LogP contribution in [0.3, 0.4) is 0 Å². The minimum absolute atomic E-state index is 0.0704. The van der Waals surface area contributed by atoms with Crippen LogP contribution in [0.4, 0.5) is 0 Å². The minimum Gasteiger partial charge on any atom is -0.504 e. The molecule has 456 valence electrons. The van der Waals surface area contributed by atoms with E-state index in [0.717, 1.165) is 93.9 Å². The number of phenols is 1. The zero-order valence-corrected chi connectivity index (χ0v) is 52.6. The smallest absolute Gasteiger partial charge is 0.303 e. The molecule has 15 atom stereocenters. The van der Waals surface area contributed by atoms with E-state index in [4.69, 9.17) is 20.2 Å². The number of aromatic hydroxyl groups is 1. The molecule has 1 saturated heterocycles. The van der Waals surface area contributed by atoms with Crippen LogP contribution in [0.1, 0.15) is 240 Å². The third-order valence-electron chi connectivity index (χ3n) is 28.4. The van der Waals surface area contributed by atoms with Gasteiger partial charge in [0.2, 0.25) is 5.91 Å². The standard InChI is InChI=1S/C73H96N4O6S2/c1-48(78)82-68-33-19-51-38-54(62(81)63-61(51)52-20-35-71(83-63)27-10-15-55(71)39-52)44-77-47-70(43-60(77)80)58(50-13-3-2-4-14-50)22-32-67(70)25-9-12-49-18-31-66(40-49)26-11-30-73(66,76-64(74)75-46-67)85-84-45-56-17-16-53(57(21-34-68)59(79)42-68)41-69(56)37-36-65(23-5-6-24-65)72(69)28-7-8-29-72/h2-4,13-14,20,35,38,49,52-53,55-59,79,81H,5-8,10-12,15-19,21-24,26-34,36-37,39-47H2,1H3,(H3,74,75,76)/t49-,52-,53+,55+,56-,57+,58-,59+,66+,67+,68-,69+,70+,71+,73-/m0/s1. The lowest BCUT2D eigenvalue weighted by atomic mass is 9.45. The van der Waals surface area contributed by atoms with Crippen LogP contribution in [0.15, 0.2) is 53.5 Å². The molecule has 8 spiro atoms. The fourth-order valence-electron chi connectivity index (χ4n) is 24.7. The number of allylic oxidation sites excluding steroid dienone is 1. The van der Waals surface area contributed by atoms with Crippen LogP contribution in [0, 0.1) is 73.9 Å². The Kier molecular flexibility index (Phi) is 13.7. The Morgan fingerprint density at radius 1 is 0.835 bits per heavy atom. The van der Waals surface area contributed by atoms with Crippen LogP contribution in [0.2, 0.25) is 0 Å². The first-order valence-corrected chi connectivity index (χ1v) is 36.9. The van der Waals surface area contributed by atoms with Gasteiger partial charge in [-0.05, 0) is 230 Å². The summed E-state index contributed by atoms with van der Waals surface area (Å²) in [4.78, 5) is 36.3. The molecule has 1 amide bonds. The van der Waals surface area contributed by atoms with Crippen molar-refractivity contribution in [3.63, 3.8) is 0 Å².